The average Bonchev–Trinajstić information content (AvgIpc) is 2.26. The van der Waals surface area contributed by atoms with E-state index in [1.54, 1.807) is 39.0 Å². The van der Waals surface area contributed by atoms with Crippen molar-refractivity contribution >= 4 is 19.5 Å². The number of benzene rings is 1. The Morgan fingerprint density at radius 1 is 1.53 bits per heavy atom. The minimum Gasteiger partial charge on any atom is -0.461 e. The van der Waals surface area contributed by atoms with Crippen molar-refractivity contribution in [2.75, 3.05) is 0 Å². The summed E-state index contributed by atoms with van der Waals surface area (Å²) in [7, 11) is 1.80. The Kier molecular flexibility index (Phi) is 4.03. The van der Waals surface area contributed by atoms with E-state index in [1.165, 1.54) is 0 Å². The summed E-state index contributed by atoms with van der Waals surface area (Å²) in [6, 6.07) is 7.01. The van der Waals surface area contributed by atoms with Crippen LogP contribution in [0.4, 0.5) is 5.69 Å². The van der Waals surface area contributed by atoms with Crippen molar-refractivity contribution in [3.63, 3.8) is 0 Å². The van der Waals surface area contributed by atoms with Crippen molar-refractivity contribution in [1.82, 2.24) is 0 Å². The van der Waals surface area contributed by atoms with Crippen LogP contribution in [0.1, 0.15) is 12.5 Å². The predicted molar refractivity (Wildman–Crippen MR) is 59.0 cm³/mol. The molecule has 0 bridgehead atoms. The lowest BCUT2D eigenvalue weighted by atomic mass is 9.90. The van der Waals surface area contributed by atoms with Crippen LogP contribution in [0.5, 0.6) is 0 Å². The highest BCUT2D eigenvalue weighted by Crippen LogP contribution is 2.13. The van der Waals surface area contributed by atoms with Crippen molar-refractivity contribution in [2.24, 2.45) is 5.11 Å². The van der Waals surface area contributed by atoms with Gasteiger partial charge in [-0.3, -0.25) is 4.79 Å². The maximum absolute atomic E-state index is 11.2. The second-order valence-electron chi connectivity index (χ2n) is 3.54. The first-order valence-corrected chi connectivity index (χ1v) is 4.76. The SMILES string of the molecule is BC(C)C(=O)OCc1ccc(N=N)cc1. The van der Waals surface area contributed by atoms with E-state index < -0.39 is 0 Å². The minimum atomic E-state index is -0.204. The van der Waals surface area contributed by atoms with E-state index >= 15 is 0 Å². The number of carbonyl (C=O) groups excluding carboxylic acids is 1. The van der Waals surface area contributed by atoms with Crippen LogP contribution < -0.4 is 0 Å². The predicted octanol–water partition coefficient (Wildman–Crippen LogP) is 1.83. The van der Waals surface area contributed by atoms with Gasteiger partial charge in [0.05, 0.1) is 5.69 Å². The van der Waals surface area contributed by atoms with Gasteiger partial charge < -0.3 is 4.74 Å². The Balaban J connectivity index is 2.51. The second-order valence-corrected chi connectivity index (χ2v) is 3.54. The molecule has 1 unspecified atom stereocenters. The number of esters is 1. The summed E-state index contributed by atoms with van der Waals surface area (Å²) in [5, 5.41) is 3.28. The molecule has 0 aliphatic rings. The molecule has 1 aromatic carbocycles. The second kappa shape index (κ2) is 5.29. The highest BCUT2D eigenvalue weighted by atomic mass is 16.5. The molecule has 1 N–H and O–H groups in total. The number of hydrogen-bond acceptors (Lipinski definition) is 4. The number of carbonyl (C=O) groups is 1. The normalized spacial score (nSPS) is 11.8. The van der Waals surface area contributed by atoms with Crippen molar-refractivity contribution in [1.29, 1.82) is 5.53 Å². The van der Waals surface area contributed by atoms with Crippen molar-refractivity contribution < 1.29 is 9.53 Å². The minimum absolute atomic E-state index is 0.104. The molecular weight excluding hydrogens is 191 g/mol. The molecule has 0 fully saturated rings. The molecule has 1 rings (SSSR count). The first-order chi connectivity index (χ1) is 7.13. The third-order valence-electron chi connectivity index (χ3n) is 1.92. The number of ether oxygens (including phenoxy) is 1. The molecule has 1 atom stereocenters. The third kappa shape index (κ3) is 3.54. The zero-order chi connectivity index (χ0) is 11.3. The van der Waals surface area contributed by atoms with Crippen molar-refractivity contribution in [3.8, 4) is 0 Å². The lowest BCUT2D eigenvalue weighted by Gasteiger charge is -2.06. The molecule has 0 saturated carbocycles. The van der Waals surface area contributed by atoms with Gasteiger partial charge in [0.25, 0.3) is 0 Å². The van der Waals surface area contributed by atoms with Crippen LogP contribution in [-0.4, -0.2) is 13.8 Å². The fraction of sp³-hybridized carbons (Fsp3) is 0.300. The maximum atomic E-state index is 11.2. The smallest absolute Gasteiger partial charge is 0.300 e. The molecular formula is C10H13BN2O2. The van der Waals surface area contributed by atoms with Gasteiger partial charge in [-0.15, -0.1) is 0 Å². The van der Waals surface area contributed by atoms with E-state index in [0.717, 1.165) is 5.56 Å². The summed E-state index contributed by atoms with van der Waals surface area (Å²) < 4.78 is 5.05. The Hall–Kier alpha value is -1.65. The van der Waals surface area contributed by atoms with Crippen LogP contribution in [0.3, 0.4) is 0 Å². The third-order valence-corrected chi connectivity index (χ3v) is 1.92. The molecule has 0 amide bonds. The van der Waals surface area contributed by atoms with E-state index in [4.69, 9.17) is 10.3 Å². The number of hydrogen-bond donors (Lipinski definition) is 1. The molecule has 0 aliphatic heterocycles. The van der Waals surface area contributed by atoms with Crippen LogP contribution in [0.15, 0.2) is 29.4 Å². The van der Waals surface area contributed by atoms with Gasteiger partial charge >= 0.3 is 5.97 Å². The quantitative estimate of drug-likeness (QED) is 0.462. The van der Waals surface area contributed by atoms with Crippen LogP contribution in [0, 0.1) is 5.53 Å². The summed E-state index contributed by atoms with van der Waals surface area (Å²) in [6.07, 6.45) is 0. The summed E-state index contributed by atoms with van der Waals surface area (Å²) in [5.41, 5.74) is 8.27. The van der Waals surface area contributed by atoms with Gasteiger partial charge in [0, 0.05) is 5.82 Å². The molecule has 0 aliphatic carbocycles. The lowest BCUT2D eigenvalue weighted by molar-refractivity contribution is -0.144. The Labute approximate surface area is 89.6 Å². The Morgan fingerprint density at radius 2 is 2.13 bits per heavy atom. The zero-order valence-corrected chi connectivity index (χ0v) is 8.86. The van der Waals surface area contributed by atoms with Crippen molar-refractivity contribution in [2.45, 2.75) is 19.3 Å². The molecule has 4 nitrogen and oxygen atoms in total. The monoisotopic (exact) mass is 204 g/mol. The van der Waals surface area contributed by atoms with E-state index in [1.807, 2.05) is 0 Å². The Bertz CT molecular complexity index is 349. The van der Waals surface area contributed by atoms with E-state index in [0.29, 0.717) is 5.69 Å². The van der Waals surface area contributed by atoms with Gasteiger partial charge in [-0.2, -0.15) is 5.11 Å². The Morgan fingerprint density at radius 3 is 2.60 bits per heavy atom. The molecule has 0 spiro atoms. The molecule has 0 aromatic heterocycles. The van der Waals surface area contributed by atoms with Gasteiger partial charge in [-0.05, 0) is 17.7 Å². The standard InChI is InChI=1S/C10H13BN2O2/c1-7(11)10(14)15-6-8-2-4-9(13-12)5-3-8/h2-5,7,12H,6,11H2,1H3. The molecule has 5 heteroatoms. The first kappa shape index (κ1) is 11.4. The molecule has 0 saturated heterocycles. The summed E-state index contributed by atoms with van der Waals surface area (Å²) in [6.45, 7) is 2.07. The van der Waals surface area contributed by atoms with Crippen LogP contribution >= 0.6 is 0 Å². The highest BCUT2D eigenvalue weighted by molar-refractivity contribution is 6.22. The highest BCUT2D eigenvalue weighted by Gasteiger charge is 2.07. The maximum Gasteiger partial charge on any atom is 0.300 e. The van der Waals surface area contributed by atoms with Gasteiger partial charge in [0.15, 0.2) is 0 Å². The molecule has 78 valence electrons. The molecule has 15 heavy (non-hydrogen) atoms. The molecule has 1 aromatic rings. The van der Waals surface area contributed by atoms with Crippen molar-refractivity contribution in [3.05, 3.63) is 29.8 Å². The number of nitrogens with zero attached hydrogens (tertiary/aromatic N) is 1. The molecule has 0 heterocycles. The van der Waals surface area contributed by atoms with E-state index in [9.17, 15) is 4.79 Å². The van der Waals surface area contributed by atoms with Gasteiger partial charge in [-0.1, -0.05) is 19.1 Å². The van der Waals surface area contributed by atoms with E-state index in [2.05, 4.69) is 5.11 Å². The van der Waals surface area contributed by atoms with Crippen LogP contribution in [0.25, 0.3) is 0 Å². The van der Waals surface area contributed by atoms with Gasteiger partial charge in [-0.25, -0.2) is 5.53 Å². The first-order valence-electron chi connectivity index (χ1n) is 4.76. The van der Waals surface area contributed by atoms with Crippen LogP contribution in [-0.2, 0) is 16.1 Å². The fourth-order valence-electron chi connectivity index (χ4n) is 0.988. The van der Waals surface area contributed by atoms with Crippen LogP contribution in [0.2, 0.25) is 5.82 Å². The number of rotatable bonds is 4. The average molecular weight is 204 g/mol. The summed E-state index contributed by atoms with van der Waals surface area (Å²) in [5.74, 6) is -0.309. The topological polar surface area (TPSA) is 62.5 Å². The van der Waals surface area contributed by atoms with E-state index in [-0.39, 0.29) is 18.4 Å². The number of nitrogens with one attached hydrogen (secondary N) is 1. The lowest BCUT2D eigenvalue weighted by Crippen LogP contribution is -2.09. The summed E-state index contributed by atoms with van der Waals surface area (Å²) >= 11 is 0. The van der Waals surface area contributed by atoms with Gasteiger partial charge in [0.1, 0.15) is 14.5 Å². The van der Waals surface area contributed by atoms with Gasteiger partial charge in [0.2, 0.25) is 0 Å². The summed E-state index contributed by atoms with van der Waals surface area (Å²) in [4.78, 5) is 11.2. The fourth-order valence-corrected chi connectivity index (χ4v) is 0.988. The largest absolute Gasteiger partial charge is 0.461 e. The molecule has 0 radical (unpaired) electrons. The zero-order valence-electron chi connectivity index (χ0n) is 8.86.